The topological polar surface area (TPSA) is 40.5 Å². The van der Waals surface area contributed by atoms with Crippen molar-refractivity contribution in [3.63, 3.8) is 0 Å². The van der Waals surface area contributed by atoms with E-state index in [1.165, 1.54) is 4.90 Å². The van der Waals surface area contributed by atoms with E-state index in [4.69, 9.17) is 5.11 Å². The first-order valence-corrected chi connectivity index (χ1v) is 4.78. The van der Waals surface area contributed by atoms with Gasteiger partial charge in [-0.3, -0.25) is 9.69 Å². The minimum Gasteiger partial charge on any atom is -0.480 e. The Bertz CT molecular complexity index is 252. The molecule has 0 saturated carbocycles. The first-order chi connectivity index (χ1) is 6.73. The van der Waals surface area contributed by atoms with Crippen LogP contribution in [0.25, 0.3) is 0 Å². The lowest BCUT2D eigenvalue weighted by molar-refractivity contribution is -0.171. The summed E-state index contributed by atoms with van der Waals surface area (Å²) in [7, 11) is 0. The van der Waals surface area contributed by atoms with Crippen molar-refractivity contribution in [2.24, 2.45) is 5.92 Å². The first kappa shape index (κ1) is 12.3. The molecule has 1 N–H and O–H groups in total. The highest BCUT2D eigenvalue weighted by Gasteiger charge is 2.49. The Hall–Kier alpha value is -0.780. The SMILES string of the molecule is CC(C)N1C[C@@H](C(F)(F)F)C[C@H]1C(=O)O. The number of carboxylic acid groups (broad SMARTS) is 1. The number of alkyl halides is 3. The summed E-state index contributed by atoms with van der Waals surface area (Å²) in [4.78, 5) is 12.2. The summed E-state index contributed by atoms with van der Waals surface area (Å²) in [5.74, 6) is -2.68. The van der Waals surface area contributed by atoms with Crippen LogP contribution >= 0.6 is 0 Å². The number of likely N-dealkylation sites (tertiary alicyclic amines) is 1. The molecule has 0 aromatic carbocycles. The molecule has 2 atom stereocenters. The molecule has 0 aromatic heterocycles. The maximum atomic E-state index is 12.4. The molecule has 3 nitrogen and oxygen atoms in total. The highest BCUT2D eigenvalue weighted by atomic mass is 19.4. The maximum absolute atomic E-state index is 12.4. The fourth-order valence-corrected chi connectivity index (χ4v) is 1.91. The molecule has 1 heterocycles. The Morgan fingerprint density at radius 3 is 2.27 bits per heavy atom. The fourth-order valence-electron chi connectivity index (χ4n) is 1.91. The molecule has 0 bridgehead atoms. The van der Waals surface area contributed by atoms with E-state index in [0.29, 0.717) is 0 Å². The number of carbonyl (C=O) groups is 1. The highest BCUT2D eigenvalue weighted by molar-refractivity contribution is 5.74. The van der Waals surface area contributed by atoms with Crippen molar-refractivity contribution < 1.29 is 23.1 Å². The minimum absolute atomic E-state index is 0.182. The zero-order chi connectivity index (χ0) is 11.8. The fraction of sp³-hybridized carbons (Fsp3) is 0.889. The Morgan fingerprint density at radius 1 is 1.47 bits per heavy atom. The van der Waals surface area contributed by atoms with Crippen molar-refractivity contribution in [3.8, 4) is 0 Å². The second-order valence-electron chi connectivity index (χ2n) is 4.12. The number of hydrogen-bond acceptors (Lipinski definition) is 2. The molecule has 0 aromatic rings. The maximum Gasteiger partial charge on any atom is 0.393 e. The van der Waals surface area contributed by atoms with Crippen molar-refractivity contribution in [1.29, 1.82) is 0 Å². The van der Waals surface area contributed by atoms with Crippen molar-refractivity contribution in [3.05, 3.63) is 0 Å². The van der Waals surface area contributed by atoms with Gasteiger partial charge >= 0.3 is 12.1 Å². The molecule has 1 aliphatic heterocycles. The van der Waals surface area contributed by atoms with Gasteiger partial charge < -0.3 is 5.11 Å². The molecule has 88 valence electrons. The summed E-state index contributed by atoms with van der Waals surface area (Å²) in [6.45, 7) is 3.20. The van der Waals surface area contributed by atoms with E-state index in [2.05, 4.69) is 0 Å². The van der Waals surface area contributed by atoms with Gasteiger partial charge in [-0.1, -0.05) is 0 Å². The molecule has 15 heavy (non-hydrogen) atoms. The van der Waals surface area contributed by atoms with Crippen molar-refractivity contribution >= 4 is 5.97 Å². The number of hydrogen-bond donors (Lipinski definition) is 1. The summed E-state index contributed by atoms with van der Waals surface area (Å²) in [6.07, 6.45) is -4.63. The minimum atomic E-state index is -4.29. The molecule has 0 unspecified atom stereocenters. The summed E-state index contributed by atoms with van der Waals surface area (Å²) >= 11 is 0. The van der Waals surface area contributed by atoms with Crippen LogP contribution in [0.4, 0.5) is 13.2 Å². The average Bonchev–Trinajstić information content (AvgIpc) is 2.45. The first-order valence-electron chi connectivity index (χ1n) is 4.78. The Labute approximate surface area is 85.9 Å². The monoisotopic (exact) mass is 225 g/mol. The molecule has 0 radical (unpaired) electrons. The van der Waals surface area contributed by atoms with Crippen LogP contribution in [-0.2, 0) is 4.79 Å². The van der Waals surface area contributed by atoms with E-state index in [-0.39, 0.29) is 19.0 Å². The lowest BCUT2D eigenvalue weighted by Crippen LogP contribution is -2.40. The van der Waals surface area contributed by atoms with Crippen molar-refractivity contribution in [2.45, 2.75) is 38.5 Å². The Morgan fingerprint density at radius 2 is 2.00 bits per heavy atom. The number of aliphatic carboxylic acids is 1. The second-order valence-corrected chi connectivity index (χ2v) is 4.12. The standard InChI is InChI=1S/C9H14F3NO2/c1-5(2)13-4-6(9(10,11)12)3-7(13)8(14)15/h5-7H,3-4H2,1-2H3,(H,14,15)/t6-,7-/m0/s1. The number of nitrogens with zero attached hydrogens (tertiary/aromatic N) is 1. The van der Waals surface area contributed by atoms with E-state index < -0.39 is 24.1 Å². The summed E-state index contributed by atoms with van der Waals surface area (Å²) in [5.41, 5.74) is 0. The van der Waals surface area contributed by atoms with E-state index >= 15 is 0 Å². The van der Waals surface area contributed by atoms with E-state index in [0.717, 1.165) is 0 Å². The molecule has 1 fully saturated rings. The normalized spacial score (nSPS) is 28.7. The van der Waals surface area contributed by atoms with Gasteiger partial charge in [-0.25, -0.2) is 0 Å². The van der Waals surface area contributed by atoms with E-state index in [1.54, 1.807) is 13.8 Å². The van der Waals surface area contributed by atoms with Crippen LogP contribution in [0.1, 0.15) is 20.3 Å². The molecule has 0 amide bonds. The van der Waals surface area contributed by atoms with Gasteiger partial charge in [0, 0.05) is 12.6 Å². The number of halogens is 3. The van der Waals surface area contributed by atoms with E-state index in [9.17, 15) is 18.0 Å². The van der Waals surface area contributed by atoms with Gasteiger partial charge in [-0.15, -0.1) is 0 Å². The smallest absolute Gasteiger partial charge is 0.393 e. The quantitative estimate of drug-likeness (QED) is 0.778. The summed E-state index contributed by atoms with van der Waals surface area (Å²) < 4.78 is 37.2. The lowest BCUT2D eigenvalue weighted by atomic mass is 10.1. The van der Waals surface area contributed by atoms with Crippen LogP contribution in [0, 0.1) is 5.92 Å². The lowest BCUT2D eigenvalue weighted by Gasteiger charge is -2.25. The van der Waals surface area contributed by atoms with Gasteiger partial charge in [0.05, 0.1) is 5.92 Å². The van der Waals surface area contributed by atoms with Gasteiger partial charge in [0.2, 0.25) is 0 Å². The molecule has 0 spiro atoms. The Kier molecular flexibility index (Phi) is 3.28. The average molecular weight is 225 g/mol. The molecule has 0 aliphatic carbocycles. The van der Waals surface area contributed by atoms with Gasteiger partial charge in [0.1, 0.15) is 6.04 Å². The predicted octanol–water partition coefficient (Wildman–Crippen LogP) is 1.73. The highest BCUT2D eigenvalue weighted by Crippen LogP contribution is 2.37. The number of carboxylic acids is 1. The van der Waals surface area contributed by atoms with Crippen LogP contribution in [0.2, 0.25) is 0 Å². The molecule has 1 aliphatic rings. The molecular formula is C9H14F3NO2. The summed E-state index contributed by atoms with van der Waals surface area (Å²) in [5, 5.41) is 8.81. The molecule has 6 heteroatoms. The zero-order valence-electron chi connectivity index (χ0n) is 8.58. The van der Waals surface area contributed by atoms with Crippen LogP contribution in [0.5, 0.6) is 0 Å². The third kappa shape index (κ3) is 2.62. The van der Waals surface area contributed by atoms with Gasteiger partial charge in [-0.05, 0) is 20.3 Å². The van der Waals surface area contributed by atoms with E-state index in [1.807, 2.05) is 0 Å². The second kappa shape index (κ2) is 4.00. The zero-order valence-corrected chi connectivity index (χ0v) is 8.58. The third-order valence-corrected chi connectivity index (χ3v) is 2.75. The van der Waals surface area contributed by atoms with Crippen LogP contribution in [-0.4, -0.2) is 40.8 Å². The van der Waals surface area contributed by atoms with Crippen LogP contribution < -0.4 is 0 Å². The predicted molar refractivity (Wildman–Crippen MR) is 47.4 cm³/mol. The van der Waals surface area contributed by atoms with Crippen molar-refractivity contribution in [2.75, 3.05) is 6.54 Å². The molecular weight excluding hydrogens is 211 g/mol. The summed E-state index contributed by atoms with van der Waals surface area (Å²) in [6, 6.07) is -1.19. The Balaban J connectivity index is 2.78. The van der Waals surface area contributed by atoms with Crippen LogP contribution in [0.15, 0.2) is 0 Å². The van der Waals surface area contributed by atoms with Gasteiger partial charge in [0.25, 0.3) is 0 Å². The molecule has 1 rings (SSSR count). The van der Waals surface area contributed by atoms with Gasteiger partial charge in [-0.2, -0.15) is 13.2 Å². The van der Waals surface area contributed by atoms with Gasteiger partial charge in [0.15, 0.2) is 0 Å². The largest absolute Gasteiger partial charge is 0.480 e. The molecule has 1 saturated heterocycles. The van der Waals surface area contributed by atoms with Crippen LogP contribution in [0.3, 0.4) is 0 Å². The number of rotatable bonds is 2. The third-order valence-electron chi connectivity index (χ3n) is 2.75. The van der Waals surface area contributed by atoms with Crippen molar-refractivity contribution in [1.82, 2.24) is 4.90 Å².